The number of carbonyl (C=O) groups excluding carboxylic acids is 3. The van der Waals surface area contributed by atoms with Crippen LogP contribution in [0.2, 0.25) is 0 Å². The molecule has 1 radical (unpaired) electrons. The van der Waals surface area contributed by atoms with Gasteiger partial charge < -0.3 is 21.1 Å². The predicted molar refractivity (Wildman–Crippen MR) is 104 cm³/mol. The summed E-state index contributed by atoms with van der Waals surface area (Å²) in [6.07, 6.45) is 4.38. The molecule has 2 rings (SSSR count). The molecule has 1 heterocycles. The fourth-order valence-corrected chi connectivity index (χ4v) is 2.34. The summed E-state index contributed by atoms with van der Waals surface area (Å²) in [5, 5.41) is 5.20. The Kier molecular flexibility index (Phi) is 8.45. The van der Waals surface area contributed by atoms with Crippen LogP contribution in [0.15, 0.2) is 48.7 Å². The third-order valence-electron chi connectivity index (χ3n) is 3.76. The topological polar surface area (TPSA) is 123 Å². The molecule has 1 aromatic heterocycles. The van der Waals surface area contributed by atoms with Gasteiger partial charge in [-0.05, 0) is 30.5 Å². The van der Waals surface area contributed by atoms with E-state index in [0.717, 1.165) is 5.56 Å². The summed E-state index contributed by atoms with van der Waals surface area (Å²) in [6.45, 7) is 0.677. The smallest absolute Gasteiger partial charge is 0.407 e. The largest absolute Gasteiger partial charge is 0.445 e. The van der Waals surface area contributed by atoms with E-state index in [1.54, 1.807) is 6.07 Å². The zero-order chi connectivity index (χ0) is 20.2. The number of anilines is 1. The van der Waals surface area contributed by atoms with E-state index in [0.29, 0.717) is 25.8 Å². The number of alkyl carbamates (subject to hydrolysis) is 1. The van der Waals surface area contributed by atoms with Crippen LogP contribution in [0.3, 0.4) is 0 Å². The highest BCUT2D eigenvalue weighted by molar-refractivity contribution is 6.03. The summed E-state index contributed by atoms with van der Waals surface area (Å²) >= 11 is 0. The number of nitrogens with two attached hydrogens (primary N) is 1. The molecule has 0 aliphatic heterocycles. The van der Waals surface area contributed by atoms with Gasteiger partial charge in [-0.1, -0.05) is 36.8 Å². The Morgan fingerprint density at radius 3 is 2.61 bits per heavy atom. The molecular formula is C20H23N4O4. The minimum absolute atomic E-state index is 0.138. The highest BCUT2D eigenvalue weighted by atomic mass is 16.5. The molecule has 0 fully saturated rings. The number of nitrogens with zero attached hydrogens (tertiary/aromatic N) is 1. The molecule has 0 spiro atoms. The average molecular weight is 383 g/mol. The lowest BCUT2D eigenvalue weighted by Crippen LogP contribution is -2.25. The van der Waals surface area contributed by atoms with Crippen LogP contribution < -0.4 is 16.4 Å². The van der Waals surface area contributed by atoms with Crippen LogP contribution in [0.5, 0.6) is 0 Å². The van der Waals surface area contributed by atoms with Crippen LogP contribution >= 0.6 is 0 Å². The first-order valence-corrected chi connectivity index (χ1v) is 8.90. The van der Waals surface area contributed by atoms with Gasteiger partial charge in [-0.25, -0.2) is 9.78 Å². The van der Waals surface area contributed by atoms with Crippen LogP contribution in [0.4, 0.5) is 10.6 Å². The Morgan fingerprint density at radius 2 is 1.86 bits per heavy atom. The van der Waals surface area contributed by atoms with Crippen LogP contribution in [-0.2, 0) is 16.1 Å². The second kappa shape index (κ2) is 11.3. The number of ether oxygens (including phenoxy) is 1. The maximum absolute atomic E-state index is 11.9. The van der Waals surface area contributed by atoms with Crippen molar-refractivity contribution >= 4 is 23.7 Å². The van der Waals surface area contributed by atoms with Crippen LogP contribution in [0, 0.1) is 6.42 Å². The van der Waals surface area contributed by atoms with Gasteiger partial charge in [0.2, 0.25) is 5.91 Å². The molecule has 0 unspecified atom stereocenters. The van der Waals surface area contributed by atoms with Crippen LogP contribution in [0.1, 0.15) is 35.2 Å². The van der Waals surface area contributed by atoms with Crippen molar-refractivity contribution < 1.29 is 19.1 Å². The van der Waals surface area contributed by atoms with Crippen LogP contribution in [0.25, 0.3) is 0 Å². The minimum Gasteiger partial charge on any atom is -0.445 e. The van der Waals surface area contributed by atoms with E-state index >= 15 is 0 Å². The molecule has 2 aromatic rings. The number of benzene rings is 1. The number of hydrogen-bond donors (Lipinski definition) is 3. The lowest BCUT2D eigenvalue weighted by molar-refractivity contribution is -0.113. The normalized spacial score (nSPS) is 10.1. The summed E-state index contributed by atoms with van der Waals surface area (Å²) in [4.78, 5) is 38.7. The van der Waals surface area contributed by atoms with Crippen molar-refractivity contribution in [1.29, 1.82) is 0 Å². The second-order valence-corrected chi connectivity index (χ2v) is 5.94. The maximum Gasteiger partial charge on any atom is 0.407 e. The van der Waals surface area contributed by atoms with Crippen molar-refractivity contribution in [1.82, 2.24) is 10.3 Å². The first-order chi connectivity index (χ1) is 13.6. The molecule has 0 bridgehead atoms. The monoisotopic (exact) mass is 383 g/mol. The molecule has 28 heavy (non-hydrogen) atoms. The third kappa shape index (κ3) is 7.45. The van der Waals surface area contributed by atoms with Gasteiger partial charge in [0.15, 0.2) is 0 Å². The molecule has 3 amide bonds. The second-order valence-electron chi connectivity index (χ2n) is 5.94. The molecule has 4 N–H and O–H groups in total. The van der Waals surface area contributed by atoms with E-state index in [1.807, 2.05) is 30.3 Å². The number of amides is 3. The van der Waals surface area contributed by atoms with E-state index in [9.17, 15) is 14.4 Å². The Labute approximate surface area is 163 Å². The van der Waals surface area contributed by atoms with Gasteiger partial charge >= 0.3 is 6.09 Å². The molecule has 1 aromatic carbocycles. The summed E-state index contributed by atoms with van der Waals surface area (Å²) in [5.74, 6) is -0.885. The molecule has 147 valence electrons. The molecular weight excluding hydrogens is 360 g/mol. The number of carbonyl (C=O) groups is 3. The van der Waals surface area contributed by atoms with Crippen molar-refractivity contribution in [3.8, 4) is 0 Å². The molecule has 0 atom stereocenters. The van der Waals surface area contributed by atoms with Crippen molar-refractivity contribution in [2.24, 2.45) is 5.73 Å². The van der Waals surface area contributed by atoms with Crippen molar-refractivity contribution in [3.05, 3.63) is 66.2 Å². The molecule has 8 heteroatoms. The van der Waals surface area contributed by atoms with Gasteiger partial charge in [-0.15, -0.1) is 0 Å². The summed E-state index contributed by atoms with van der Waals surface area (Å²) in [5.41, 5.74) is 6.32. The Morgan fingerprint density at radius 1 is 1.07 bits per heavy atom. The summed E-state index contributed by atoms with van der Waals surface area (Å²) in [6, 6.07) is 12.5. The van der Waals surface area contributed by atoms with E-state index in [2.05, 4.69) is 15.6 Å². The molecule has 8 nitrogen and oxygen atoms in total. The van der Waals surface area contributed by atoms with Gasteiger partial charge in [0.25, 0.3) is 5.91 Å². The average Bonchev–Trinajstić information content (AvgIpc) is 2.70. The molecule has 0 saturated heterocycles. The number of primary amides is 1. The number of nitrogens with one attached hydrogen (secondary N) is 2. The highest BCUT2D eigenvalue weighted by Gasteiger charge is 2.11. The number of rotatable bonds is 10. The van der Waals surface area contributed by atoms with Crippen molar-refractivity contribution in [2.75, 3.05) is 11.9 Å². The summed E-state index contributed by atoms with van der Waals surface area (Å²) < 4.78 is 5.10. The third-order valence-corrected chi connectivity index (χ3v) is 3.76. The number of hydrogen-bond acceptors (Lipinski definition) is 5. The van der Waals surface area contributed by atoms with Crippen molar-refractivity contribution in [3.63, 3.8) is 0 Å². The van der Waals surface area contributed by atoms with Gasteiger partial charge in [-0.2, -0.15) is 0 Å². The fraction of sp³-hybridized carbons (Fsp3) is 0.250. The fourth-order valence-electron chi connectivity index (χ4n) is 2.34. The summed E-state index contributed by atoms with van der Waals surface area (Å²) in [7, 11) is 0. The standard InChI is InChI=1S/C20H23N4O4/c21-18(26)16-10-7-13-22-19(16)24-17(25)11-5-2-6-12-23-20(27)28-14-15-8-3-1-4-9-15/h1,3-4,7-11,13H,2,5-6,12,14H2,(H2,21,26)(H,23,27)(H,22,24,25). The highest BCUT2D eigenvalue weighted by Crippen LogP contribution is 2.11. The van der Waals surface area contributed by atoms with E-state index in [4.69, 9.17) is 10.5 Å². The molecule has 0 aliphatic carbocycles. The first-order valence-electron chi connectivity index (χ1n) is 8.90. The van der Waals surface area contributed by atoms with Gasteiger partial charge in [-0.3, -0.25) is 9.59 Å². The van der Waals surface area contributed by atoms with Gasteiger partial charge in [0, 0.05) is 19.2 Å². The zero-order valence-corrected chi connectivity index (χ0v) is 15.4. The zero-order valence-electron chi connectivity index (χ0n) is 15.4. The lowest BCUT2D eigenvalue weighted by atomic mass is 10.2. The SMILES string of the molecule is NC(=O)c1cccnc1NC(=O)[CH]CCCCNC(=O)OCc1ccccc1. The van der Waals surface area contributed by atoms with E-state index in [1.165, 1.54) is 18.7 Å². The Hall–Kier alpha value is -3.42. The Bertz CT molecular complexity index is 796. The number of aromatic nitrogens is 1. The lowest BCUT2D eigenvalue weighted by Gasteiger charge is -2.08. The van der Waals surface area contributed by atoms with Gasteiger partial charge in [0.1, 0.15) is 12.4 Å². The molecule has 0 saturated carbocycles. The molecule has 0 aliphatic rings. The number of unbranched alkanes of at least 4 members (excludes halogenated alkanes) is 2. The number of pyridine rings is 1. The van der Waals surface area contributed by atoms with Gasteiger partial charge in [0.05, 0.1) is 5.56 Å². The minimum atomic E-state index is -0.659. The predicted octanol–water partition coefficient (Wildman–Crippen LogP) is 2.42. The first kappa shape index (κ1) is 20.9. The quantitative estimate of drug-likeness (QED) is 0.544. The van der Waals surface area contributed by atoms with Crippen LogP contribution in [-0.4, -0.2) is 29.4 Å². The maximum atomic E-state index is 11.9. The van der Waals surface area contributed by atoms with E-state index in [-0.39, 0.29) is 23.9 Å². The Balaban J connectivity index is 1.56. The van der Waals surface area contributed by atoms with E-state index < -0.39 is 12.0 Å². The van der Waals surface area contributed by atoms with Crippen molar-refractivity contribution in [2.45, 2.75) is 25.9 Å².